The van der Waals surface area contributed by atoms with E-state index < -0.39 is 0 Å². The molecular weight excluding hydrogens is 484 g/mol. The zero-order valence-corrected chi connectivity index (χ0v) is 23.1. The number of carbonyl (C=O) groups excluding carboxylic acids is 4. The second-order valence-electron chi connectivity index (χ2n) is 10.0. The van der Waals surface area contributed by atoms with Crippen LogP contribution in [0.3, 0.4) is 0 Å². The van der Waals surface area contributed by atoms with Crippen LogP contribution in [-0.2, 0) is 19.2 Å². The Balaban J connectivity index is 0.000000211. The van der Waals surface area contributed by atoms with Gasteiger partial charge in [-0.1, -0.05) is 24.3 Å². The van der Waals surface area contributed by atoms with Crippen LogP contribution in [0.1, 0.15) is 63.7 Å². The van der Waals surface area contributed by atoms with Crippen molar-refractivity contribution in [1.82, 2.24) is 9.80 Å². The Morgan fingerprint density at radius 1 is 0.684 bits per heavy atom. The van der Waals surface area contributed by atoms with Crippen LogP contribution >= 0.6 is 0 Å². The molecule has 2 saturated heterocycles. The van der Waals surface area contributed by atoms with Gasteiger partial charge in [-0.25, -0.2) is 0 Å². The number of benzene rings is 2. The van der Waals surface area contributed by atoms with E-state index in [1.54, 1.807) is 37.9 Å². The minimum Gasteiger partial charge on any atom is -0.497 e. The van der Waals surface area contributed by atoms with Crippen molar-refractivity contribution in [3.8, 4) is 11.5 Å². The summed E-state index contributed by atoms with van der Waals surface area (Å²) in [5.41, 5.74) is 2.11. The average Bonchev–Trinajstić information content (AvgIpc) is 3.51. The lowest BCUT2D eigenvalue weighted by Crippen LogP contribution is -2.29. The van der Waals surface area contributed by atoms with Crippen molar-refractivity contribution in [3.05, 3.63) is 59.7 Å². The van der Waals surface area contributed by atoms with Gasteiger partial charge in [-0.2, -0.15) is 0 Å². The van der Waals surface area contributed by atoms with Crippen molar-refractivity contribution >= 4 is 23.4 Å². The van der Waals surface area contributed by atoms with Crippen molar-refractivity contribution in [3.63, 3.8) is 0 Å². The molecule has 0 bridgehead atoms. The van der Waals surface area contributed by atoms with Crippen molar-refractivity contribution in [2.24, 2.45) is 11.8 Å². The molecule has 0 radical (unpaired) electrons. The van der Waals surface area contributed by atoms with Crippen LogP contribution in [0.15, 0.2) is 48.5 Å². The van der Waals surface area contributed by atoms with E-state index in [4.69, 9.17) is 9.47 Å². The van der Waals surface area contributed by atoms with Gasteiger partial charge in [0.05, 0.1) is 26.3 Å². The summed E-state index contributed by atoms with van der Waals surface area (Å²) in [5.74, 6) is 1.61. The number of hydrogen-bond donors (Lipinski definition) is 0. The molecule has 2 heterocycles. The van der Waals surface area contributed by atoms with Crippen LogP contribution in [0.25, 0.3) is 0 Å². The number of nitrogens with zero attached hydrogens (tertiary/aromatic N) is 2. The van der Waals surface area contributed by atoms with E-state index in [1.807, 2.05) is 62.4 Å². The molecule has 2 amide bonds. The Labute approximate surface area is 224 Å². The number of amides is 2. The molecule has 204 valence electrons. The Morgan fingerprint density at radius 2 is 1.00 bits per heavy atom. The van der Waals surface area contributed by atoms with Gasteiger partial charge >= 0.3 is 0 Å². The molecule has 38 heavy (non-hydrogen) atoms. The Hall–Kier alpha value is -3.68. The minimum atomic E-state index is -0.145. The summed E-state index contributed by atoms with van der Waals surface area (Å²) < 4.78 is 10.2. The van der Waals surface area contributed by atoms with Crippen molar-refractivity contribution in [2.75, 3.05) is 27.3 Å². The van der Waals surface area contributed by atoms with E-state index >= 15 is 0 Å². The standard InChI is InChI=1S/2C15H19NO3/c2*1-10(12-4-6-14(19-3)7-5-12)16-9-13(11(2)17)8-15(16)18/h2*4-7,10,13H,8-9H2,1-3H3/t2*10-,13?/m00/s1. The summed E-state index contributed by atoms with van der Waals surface area (Å²) in [7, 11) is 3.25. The third-order valence-corrected chi connectivity index (χ3v) is 7.60. The average molecular weight is 523 g/mol. The predicted molar refractivity (Wildman–Crippen MR) is 144 cm³/mol. The van der Waals surface area contributed by atoms with Crippen molar-refractivity contribution in [1.29, 1.82) is 0 Å². The fraction of sp³-hybridized carbons (Fsp3) is 0.467. The van der Waals surface area contributed by atoms with E-state index in [0.29, 0.717) is 25.9 Å². The monoisotopic (exact) mass is 522 g/mol. The van der Waals surface area contributed by atoms with E-state index in [9.17, 15) is 19.2 Å². The molecule has 2 aromatic rings. The zero-order chi connectivity index (χ0) is 28.0. The first-order valence-electron chi connectivity index (χ1n) is 12.9. The molecule has 8 nitrogen and oxygen atoms in total. The topological polar surface area (TPSA) is 93.2 Å². The third kappa shape index (κ3) is 6.79. The minimum absolute atomic E-state index is 0.0113. The molecule has 4 atom stereocenters. The van der Waals surface area contributed by atoms with Gasteiger partial charge in [0.2, 0.25) is 11.8 Å². The molecule has 2 fully saturated rings. The number of ether oxygens (including phenoxy) is 2. The highest BCUT2D eigenvalue weighted by Crippen LogP contribution is 2.31. The second kappa shape index (κ2) is 12.7. The highest BCUT2D eigenvalue weighted by molar-refractivity contribution is 5.90. The molecule has 0 N–H and O–H groups in total. The number of ketones is 2. The molecule has 2 aliphatic heterocycles. The Morgan fingerprint density at radius 3 is 1.24 bits per heavy atom. The fourth-order valence-electron chi connectivity index (χ4n) is 4.88. The van der Waals surface area contributed by atoms with E-state index in [1.165, 1.54) is 0 Å². The number of Topliss-reactive ketones (excluding diaryl/α,β-unsaturated/α-hetero) is 2. The van der Waals surface area contributed by atoms with Gasteiger partial charge in [0.25, 0.3) is 0 Å². The van der Waals surface area contributed by atoms with Gasteiger partial charge < -0.3 is 19.3 Å². The van der Waals surface area contributed by atoms with Gasteiger partial charge in [-0.3, -0.25) is 19.2 Å². The zero-order valence-electron chi connectivity index (χ0n) is 23.1. The van der Waals surface area contributed by atoms with Crippen molar-refractivity contribution in [2.45, 2.75) is 52.6 Å². The fourth-order valence-corrected chi connectivity index (χ4v) is 4.88. The number of hydrogen-bond acceptors (Lipinski definition) is 6. The maximum atomic E-state index is 12.0. The van der Waals surface area contributed by atoms with E-state index in [-0.39, 0.29) is 47.3 Å². The SMILES string of the molecule is COc1ccc([C@H](C)N2CC(C(C)=O)CC2=O)cc1.COc1ccc([C@H](C)N2CC(C(C)=O)CC2=O)cc1. The van der Waals surface area contributed by atoms with E-state index in [0.717, 1.165) is 22.6 Å². The summed E-state index contributed by atoms with van der Waals surface area (Å²) in [5, 5.41) is 0. The number of likely N-dealkylation sites (tertiary alicyclic amines) is 2. The molecule has 8 heteroatoms. The highest BCUT2D eigenvalue weighted by atomic mass is 16.5. The van der Waals surface area contributed by atoms with Crippen molar-refractivity contribution < 1.29 is 28.7 Å². The molecule has 0 spiro atoms. The van der Waals surface area contributed by atoms with Gasteiger partial charge in [0.15, 0.2) is 0 Å². The molecule has 2 aliphatic rings. The van der Waals surface area contributed by atoms with Gasteiger partial charge in [0, 0.05) is 37.8 Å². The molecule has 2 unspecified atom stereocenters. The van der Waals surface area contributed by atoms with Gasteiger partial charge in [0.1, 0.15) is 23.1 Å². The first-order chi connectivity index (χ1) is 18.0. The first-order valence-corrected chi connectivity index (χ1v) is 12.9. The number of carbonyl (C=O) groups is 4. The number of methoxy groups -OCH3 is 2. The predicted octanol–water partition coefficient (Wildman–Crippen LogP) is 4.39. The van der Waals surface area contributed by atoms with Crippen LogP contribution in [0, 0.1) is 11.8 Å². The lowest BCUT2D eigenvalue weighted by molar-refractivity contribution is -0.130. The van der Waals surface area contributed by atoms with E-state index in [2.05, 4.69) is 0 Å². The van der Waals surface area contributed by atoms with Crippen LogP contribution in [0.2, 0.25) is 0 Å². The summed E-state index contributed by atoms with van der Waals surface area (Å²) in [6.07, 6.45) is 0.686. The summed E-state index contributed by atoms with van der Waals surface area (Å²) >= 11 is 0. The summed E-state index contributed by atoms with van der Waals surface area (Å²) in [4.78, 5) is 50.3. The maximum absolute atomic E-state index is 12.0. The van der Waals surface area contributed by atoms with Crippen LogP contribution in [-0.4, -0.2) is 60.5 Å². The Bertz CT molecular complexity index is 1050. The Kier molecular flexibility index (Phi) is 9.66. The van der Waals surface area contributed by atoms with Crippen LogP contribution in [0.4, 0.5) is 0 Å². The second-order valence-corrected chi connectivity index (χ2v) is 10.0. The van der Waals surface area contributed by atoms with Crippen LogP contribution < -0.4 is 9.47 Å². The summed E-state index contributed by atoms with van der Waals surface area (Å²) in [6.45, 7) is 8.15. The molecule has 0 aromatic heterocycles. The number of rotatable bonds is 8. The van der Waals surface area contributed by atoms with Crippen LogP contribution in [0.5, 0.6) is 11.5 Å². The quantitative estimate of drug-likeness (QED) is 0.511. The summed E-state index contributed by atoms with van der Waals surface area (Å²) in [6, 6.07) is 15.3. The molecule has 0 aliphatic carbocycles. The van der Waals surface area contributed by atoms with Gasteiger partial charge in [-0.05, 0) is 63.1 Å². The van der Waals surface area contributed by atoms with Gasteiger partial charge in [-0.15, -0.1) is 0 Å². The third-order valence-electron chi connectivity index (χ3n) is 7.60. The molecule has 2 aromatic carbocycles. The maximum Gasteiger partial charge on any atom is 0.223 e. The smallest absolute Gasteiger partial charge is 0.223 e. The molecule has 0 saturated carbocycles. The first kappa shape index (κ1) is 28.9. The molecular formula is C30H38N2O6. The normalized spacial score (nSPS) is 20.5. The lowest BCUT2D eigenvalue weighted by atomic mass is 10.0. The molecule has 4 rings (SSSR count). The highest BCUT2D eigenvalue weighted by Gasteiger charge is 2.36. The lowest BCUT2D eigenvalue weighted by Gasteiger charge is -2.25. The largest absolute Gasteiger partial charge is 0.497 e.